The molecule has 1 aromatic carbocycles. The summed E-state index contributed by atoms with van der Waals surface area (Å²) in [6.07, 6.45) is 1.02. The van der Waals surface area contributed by atoms with Crippen LogP contribution in [0.2, 0.25) is 0 Å². The molecule has 0 spiro atoms. The molecule has 2 N–H and O–H groups in total. The predicted molar refractivity (Wildman–Crippen MR) is 72.1 cm³/mol. The van der Waals surface area contributed by atoms with E-state index in [9.17, 15) is 14.4 Å². The van der Waals surface area contributed by atoms with Gasteiger partial charge in [0.05, 0.1) is 5.69 Å². The van der Waals surface area contributed by atoms with Crippen LogP contribution in [0, 0.1) is 6.92 Å². The summed E-state index contributed by atoms with van der Waals surface area (Å²) in [5.74, 6) is -1.39. The number of rotatable bonds is 2. The quantitative estimate of drug-likeness (QED) is 0.870. The number of nitrogens with one attached hydrogen (secondary N) is 1. The van der Waals surface area contributed by atoms with Crippen LogP contribution in [-0.2, 0) is 0 Å². The van der Waals surface area contributed by atoms with Gasteiger partial charge < -0.3 is 5.11 Å². The second-order valence-electron chi connectivity index (χ2n) is 3.96. The van der Waals surface area contributed by atoms with E-state index < -0.39 is 22.8 Å². The molecular weight excluding hydrogens is 316 g/mol. The minimum absolute atomic E-state index is 0.468. The van der Waals surface area contributed by atoms with Crippen LogP contribution in [0.1, 0.15) is 15.9 Å². The van der Waals surface area contributed by atoms with Gasteiger partial charge >= 0.3 is 11.7 Å². The molecule has 0 radical (unpaired) electrons. The fraction of sp³-hybridized carbons (Fsp3) is 0.0833. The number of benzene rings is 1. The topological polar surface area (TPSA) is 92.2 Å². The van der Waals surface area contributed by atoms with Crippen molar-refractivity contribution in [2.24, 2.45) is 0 Å². The highest BCUT2D eigenvalue weighted by Crippen LogP contribution is 2.17. The first-order chi connectivity index (χ1) is 8.88. The third-order valence-electron chi connectivity index (χ3n) is 2.48. The Balaban J connectivity index is 2.75. The van der Waals surface area contributed by atoms with E-state index in [0.717, 1.165) is 20.8 Å². The van der Waals surface area contributed by atoms with Crippen molar-refractivity contribution in [3.8, 4) is 5.69 Å². The van der Waals surface area contributed by atoms with Crippen molar-refractivity contribution in [1.29, 1.82) is 0 Å². The summed E-state index contributed by atoms with van der Waals surface area (Å²) >= 11 is 3.29. The number of carboxylic acid groups (broad SMARTS) is 1. The van der Waals surface area contributed by atoms with Crippen molar-refractivity contribution >= 4 is 21.9 Å². The van der Waals surface area contributed by atoms with Gasteiger partial charge in [-0.1, -0.05) is 15.9 Å². The Bertz CT molecular complexity index is 756. The summed E-state index contributed by atoms with van der Waals surface area (Å²) in [7, 11) is 0. The van der Waals surface area contributed by atoms with Gasteiger partial charge in [0.1, 0.15) is 5.56 Å². The summed E-state index contributed by atoms with van der Waals surface area (Å²) in [6.45, 7) is 1.84. The Labute approximate surface area is 115 Å². The molecule has 0 bridgehead atoms. The zero-order valence-electron chi connectivity index (χ0n) is 9.81. The Morgan fingerprint density at radius 2 is 2.00 bits per heavy atom. The lowest BCUT2D eigenvalue weighted by molar-refractivity contribution is 0.0694. The minimum atomic E-state index is -1.39. The molecule has 0 aliphatic carbocycles. The van der Waals surface area contributed by atoms with Gasteiger partial charge in [-0.3, -0.25) is 14.3 Å². The lowest BCUT2D eigenvalue weighted by atomic mass is 10.2. The van der Waals surface area contributed by atoms with Gasteiger partial charge in [-0.15, -0.1) is 0 Å². The first-order valence-corrected chi connectivity index (χ1v) is 6.04. The minimum Gasteiger partial charge on any atom is -0.477 e. The van der Waals surface area contributed by atoms with Crippen LogP contribution in [0.4, 0.5) is 0 Å². The maximum absolute atomic E-state index is 11.7. The van der Waals surface area contributed by atoms with E-state index in [1.165, 1.54) is 0 Å². The number of nitrogens with zero attached hydrogens (tertiary/aromatic N) is 1. The normalized spacial score (nSPS) is 10.4. The van der Waals surface area contributed by atoms with Crippen LogP contribution in [-0.4, -0.2) is 20.6 Å². The summed E-state index contributed by atoms with van der Waals surface area (Å²) in [5.41, 5.74) is -0.736. The number of aromatic nitrogens is 2. The largest absolute Gasteiger partial charge is 0.477 e. The molecule has 0 saturated carbocycles. The monoisotopic (exact) mass is 324 g/mol. The third-order valence-corrected chi connectivity index (χ3v) is 2.94. The van der Waals surface area contributed by atoms with Crippen molar-refractivity contribution in [2.45, 2.75) is 6.92 Å². The third kappa shape index (κ3) is 2.65. The van der Waals surface area contributed by atoms with Gasteiger partial charge in [0.15, 0.2) is 0 Å². The van der Waals surface area contributed by atoms with Crippen molar-refractivity contribution < 1.29 is 9.90 Å². The average molecular weight is 325 g/mol. The lowest BCUT2D eigenvalue weighted by Gasteiger charge is -2.07. The van der Waals surface area contributed by atoms with E-state index in [2.05, 4.69) is 15.9 Å². The summed E-state index contributed by atoms with van der Waals surface area (Å²) < 4.78 is 1.83. The van der Waals surface area contributed by atoms with Crippen LogP contribution >= 0.6 is 15.9 Å². The zero-order chi connectivity index (χ0) is 14.2. The van der Waals surface area contributed by atoms with Crippen molar-refractivity contribution in [3.63, 3.8) is 0 Å². The summed E-state index contributed by atoms with van der Waals surface area (Å²) in [6, 6.07) is 5.20. The van der Waals surface area contributed by atoms with Crippen molar-refractivity contribution in [1.82, 2.24) is 9.55 Å². The summed E-state index contributed by atoms with van der Waals surface area (Å²) in [4.78, 5) is 36.0. The Morgan fingerprint density at radius 1 is 1.32 bits per heavy atom. The fourth-order valence-corrected chi connectivity index (χ4v) is 2.27. The molecule has 2 aromatic rings. The summed E-state index contributed by atoms with van der Waals surface area (Å²) in [5, 5.41) is 8.89. The van der Waals surface area contributed by atoms with Crippen molar-refractivity contribution in [2.75, 3.05) is 0 Å². The first-order valence-electron chi connectivity index (χ1n) is 5.25. The highest BCUT2D eigenvalue weighted by molar-refractivity contribution is 9.10. The molecule has 0 fully saturated rings. The lowest BCUT2D eigenvalue weighted by Crippen LogP contribution is -2.32. The van der Waals surface area contributed by atoms with Gasteiger partial charge in [0.25, 0.3) is 5.56 Å². The number of aromatic carboxylic acids is 1. The fourth-order valence-electron chi connectivity index (χ4n) is 1.67. The number of hydrogen-bond acceptors (Lipinski definition) is 3. The molecule has 6 nitrogen and oxygen atoms in total. The van der Waals surface area contributed by atoms with E-state index in [-0.39, 0.29) is 0 Å². The molecule has 0 unspecified atom stereocenters. The molecule has 0 amide bonds. The second kappa shape index (κ2) is 4.85. The maximum atomic E-state index is 11.7. The van der Waals surface area contributed by atoms with E-state index in [1.54, 1.807) is 12.1 Å². The van der Waals surface area contributed by atoms with Gasteiger partial charge in [-0.05, 0) is 30.7 Å². The number of halogens is 1. The highest BCUT2D eigenvalue weighted by atomic mass is 79.9. The molecule has 0 aliphatic heterocycles. The Hall–Kier alpha value is -2.15. The molecule has 19 heavy (non-hydrogen) atoms. The van der Waals surface area contributed by atoms with E-state index in [0.29, 0.717) is 5.69 Å². The van der Waals surface area contributed by atoms with Crippen LogP contribution in [0.5, 0.6) is 0 Å². The van der Waals surface area contributed by atoms with Crippen LogP contribution < -0.4 is 11.2 Å². The van der Waals surface area contributed by atoms with Crippen molar-refractivity contribution in [3.05, 3.63) is 60.8 Å². The molecular formula is C12H9BrN2O4. The number of aromatic amines is 1. The molecule has 0 saturated heterocycles. The Morgan fingerprint density at radius 3 is 2.58 bits per heavy atom. The molecule has 1 heterocycles. The maximum Gasteiger partial charge on any atom is 0.342 e. The first kappa shape index (κ1) is 13.3. The second-order valence-corrected chi connectivity index (χ2v) is 4.88. The SMILES string of the molecule is Cc1cc(Br)cc(-n2cc(C(=O)O)c(=O)[nH]c2=O)c1. The number of aryl methyl sites for hydroxylation is 1. The average Bonchev–Trinajstić information content (AvgIpc) is 2.26. The van der Waals surface area contributed by atoms with Gasteiger partial charge in [0, 0.05) is 10.7 Å². The molecule has 98 valence electrons. The van der Waals surface area contributed by atoms with Crippen LogP contribution in [0.3, 0.4) is 0 Å². The standard InChI is InChI=1S/C12H9BrN2O4/c1-6-2-7(13)4-8(3-6)15-5-9(11(17)18)10(16)14-12(15)19/h2-5H,1H3,(H,17,18)(H,14,16,19). The highest BCUT2D eigenvalue weighted by Gasteiger charge is 2.12. The zero-order valence-corrected chi connectivity index (χ0v) is 11.4. The number of H-pyrrole nitrogens is 1. The van der Waals surface area contributed by atoms with Gasteiger partial charge in [-0.2, -0.15) is 0 Å². The smallest absolute Gasteiger partial charge is 0.342 e. The van der Waals surface area contributed by atoms with Crippen LogP contribution in [0.25, 0.3) is 5.69 Å². The number of hydrogen-bond donors (Lipinski definition) is 2. The van der Waals surface area contributed by atoms with Gasteiger partial charge in [0.2, 0.25) is 0 Å². The molecule has 0 aliphatic rings. The molecule has 2 rings (SSSR count). The number of carbonyl (C=O) groups is 1. The molecule has 0 atom stereocenters. The van der Waals surface area contributed by atoms with Crippen LogP contribution in [0.15, 0.2) is 38.5 Å². The Kier molecular flexibility index (Phi) is 3.39. The predicted octanol–water partition coefficient (Wildman–Crippen LogP) is 1.29. The van der Waals surface area contributed by atoms with Gasteiger partial charge in [-0.25, -0.2) is 9.59 Å². The van der Waals surface area contributed by atoms with E-state index in [4.69, 9.17) is 5.11 Å². The molecule has 1 aromatic heterocycles. The number of carboxylic acids is 1. The van der Waals surface area contributed by atoms with E-state index >= 15 is 0 Å². The van der Waals surface area contributed by atoms with E-state index in [1.807, 2.05) is 18.0 Å². The molecule has 7 heteroatoms.